The van der Waals surface area contributed by atoms with Gasteiger partial charge in [0.1, 0.15) is 0 Å². The molecule has 0 saturated heterocycles. The zero-order chi connectivity index (χ0) is 12.0. The molecule has 1 amide bonds. The van der Waals surface area contributed by atoms with E-state index in [1.54, 1.807) is 6.20 Å². The van der Waals surface area contributed by atoms with Crippen LogP contribution in [0.1, 0.15) is 18.7 Å². The Bertz CT molecular complexity index is 339. The largest absolute Gasteiger partial charge is 0.375 e. The highest BCUT2D eigenvalue weighted by molar-refractivity contribution is 7.15. The van der Waals surface area contributed by atoms with Gasteiger partial charge >= 0.3 is 0 Å². The molecule has 90 valence electrons. The molecular weight excluding hydrogens is 224 g/mol. The van der Waals surface area contributed by atoms with Crippen molar-refractivity contribution in [2.75, 3.05) is 25.4 Å². The molecule has 0 unspecified atom stereocenters. The van der Waals surface area contributed by atoms with Crippen LogP contribution in [0.2, 0.25) is 0 Å². The molecule has 0 fully saturated rings. The minimum Gasteiger partial charge on any atom is -0.375 e. The van der Waals surface area contributed by atoms with E-state index in [0.717, 1.165) is 18.0 Å². The smallest absolute Gasteiger partial charge is 0.234 e. The van der Waals surface area contributed by atoms with Gasteiger partial charge in [0.25, 0.3) is 0 Å². The molecule has 0 saturated carbocycles. The van der Waals surface area contributed by atoms with Crippen LogP contribution in [0.4, 0.5) is 5.13 Å². The fourth-order valence-corrected chi connectivity index (χ4v) is 2.08. The molecule has 1 aromatic rings. The second-order valence-electron chi connectivity index (χ2n) is 3.42. The van der Waals surface area contributed by atoms with Crippen LogP contribution in [-0.4, -0.2) is 35.4 Å². The summed E-state index contributed by atoms with van der Waals surface area (Å²) in [6, 6.07) is 0. The first-order valence-electron chi connectivity index (χ1n) is 5.35. The number of nitrogens with two attached hydrogens (primary N) is 1. The lowest BCUT2D eigenvalue weighted by atomic mass is 10.4. The molecular formula is C10H18N4OS. The van der Waals surface area contributed by atoms with Crippen LogP contribution in [-0.2, 0) is 11.3 Å². The average molecular weight is 242 g/mol. The topological polar surface area (TPSA) is 71.2 Å². The van der Waals surface area contributed by atoms with Crippen LogP contribution in [0.3, 0.4) is 0 Å². The summed E-state index contributed by atoms with van der Waals surface area (Å²) in [6.07, 6.45) is 1.76. The minimum absolute atomic E-state index is 0.0573. The Balaban J connectivity index is 2.45. The number of carbonyl (C=O) groups excluding carboxylic acids is 1. The number of aromatic nitrogens is 1. The summed E-state index contributed by atoms with van der Waals surface area (Å²) < 4.78 is 0. The molecule has 6 heteroatoms. The van der Waals surface area contributed by atoms with Crippen LogP contribution in [0.25, 0.3) is 0 Å². The fourth-order valence-electron chi connectivity index (χ4n) is 1.35. The third-order valence-electron chi connectivity index (χ3n) is 2.14. The molecule has 0 aliphatic carbocycles. The molecule has 0 spiro atoms. The van der Waals surface area contributed by atoms with E-state index in [1.165, 1.54) is 11.3 Å². The SMILES string of the molecule is CCNC(=O)CN(CC)Cc1cnc(N)s1. The van der Waals surface area contributed by atoms with Crippen molar-refractivity contribution in [2.24, 2.45) is 0 Å². The average Bonchev–Trinajstić information content (AvgIpc) is 2.63. The number of amides is 1. The van der Waals surface area contributed by atoms with E-state index in [2.05, 4.69) is 15.2 Å². The number of hydrogen-bond acceptors (Lipinski definition) is 5. The number of likely N-dealkylation sites (N-methyl/N-ethyl adjacent to an activating group) is 2. The third-order valence-corrected chi connectivity index (χ3v) is 2.95. The maximum absolute atomic E-state index is 11.4. The van der Waals surface area contributed by atoms with E-state index >= 15 is 0 Å². The van der Waals surface area contributed by atoms with E-state index in [0.29, 0.717) is 18.2 Å². The Kier molecular flexibility index (Phi) is 5.21. The summed E-state index contributed by atoms with van der Waals surface area (Å²) in [5, 5.41) is 3.36. The number of thiazole rings is 1. The van der Waals surface area contributed by atoms with Crippen molar-refractivity contribution >= 4 is 22.4 Å². The lowest BCUT2D eigenvalue weighted by Crippen LogP contribution is -2.36. The Morgan fingerprint density at radius 2 is 2.38 bits per heavy atom. The van der Waals surface area contributed by atoms with Crippen LogP contribution < -0.4 is 11.1 Å². The van der Waals surface area contributed by atoms with Crippen molar-refractivity contribution in [3.63, 3.8) is 0 Å². The lowest BCUT2D eigenvalue weighted by Gasteiger charge is -2.18. The van der Waals surface area contributed by atoms with Crippen LogP contribution >= 0.6 is 11.3 Å². The van der Waals surface area contributed by atoms with E-state index in [4.69, 9.17) is 5.73 Å². The van der Waals surface area contributed by atoms with E-state index in [-0.39, 0.29) is 5.91 Å². The van der Waals surface area contributed by atoms with Crippen LogP contribution in [0.15, 0.2) is 6.20 Å². The highest BCUT2D eigenvalue weighted by Crippen LogP contribution is 2.16. The van der Waals surface area contributed by atoms with Crippen molar-refractivity contribution < 1.29 is 4.79 Å². The molecule has 5 nitrogen and oxygen atoms in total. The standard InChI is InChI=1S/C10H18N4OS/c1-3-12-9(15)7-14(4-2)6-8-5-13-10(11)16-8/h5H,3-4,6-7H2,1-2H3,(H2,11,13)(H,12,15). The zero-order valence-electron chi connectivity index (χ0n) is 9.69. The number of nitrogens with one attached hydrogen (secondary N) is 1. The summed E-state index contributed by atoms with van der Waals surface area (Å²) in [5.74, 6) is 0.0573. The van der Waals surface area contributed by atoms with Gasteiger partial charge in [-0.15, -0.1) is 11.3 Å². The second kappa shape index (κ2) is 6.44. The monoisotopic (exact) mass is 242 g/mol. The Morgan fingerprint density at radius 1 is 1.62 bits per heavy atom. The maximum Gasteiger partial charge on any atom is 0.234 e. The molecule has 3 N–H and O–H groups in total. The predicted molar refractivity (Wildman–Crippen MR) is 66.2 cm³/mol. The zero-order valence-corrected chi connectivity index (χ0v) is 10.5. The number of carbonyl (C=O) groups is 1. The highest BCUT2D eigenvalue weighted by atomic mass is 32.1. The molecule has 1 aromatic heterocycles. The number of hydrogen-bond donors (Lipinski definition) is 2. The third kappa shape index (κ3) is 4.16. The Labute approximate surface area is 99.7 Å². The summed E-state index contributed by atoms with van der Waals surface area (Å²) in [6.45, 7) is 6.59. The first-order valence-corrected chi connectivity index (χ1v) is 6.16. The van der Waals surface area contributed by atoms with Gasteiger partial charge in [0.2, 0.25) is 5.91 Å². The molecule has 16 heavy (non-hydrogen) atoms. The van der Waals surface area contributed by atoms with E-state index in [9.17, 15) is 4.79 Å². The van der Waals surface area contributed by atoms with Gasteiger partial charge in [0.15, 0.2) is 5.13 Å². The van der Waals surface area contributed by atoms with Crippen molar-refractivity contribution in [1.82, 2.24) is 15.2 Å². The Hall–Kier alpha value is -1.14. The van der Waals surface area contributed by atoms with Gasteiger partial charge in [0.05, 0.1) is 6.54 Å². The summed E-state index contributed by atoms with van der Waals surface area (Å²) in [5.41, 5.74) is 5.55. The number of nitrogen functional groups attached to an aromatic ring is 1. The summed E-state index contributed by atoms with van der Waals surface area (Å²) >= 11 is 1.47. The Morgan fingerprint density at radius 3 is 2.88 bits per heavy atom. The van der Waals surface area contributed by atoms with Gasteiger partial charge < -0.3 is 11.1 Å². The normalized spacial score (nSPS) is 10.7. The van der Waals surface area contributed by atoms with Gasteiger partial charge in [-0.1, -0.05) is 6.92 Å². The van der Waals surface area contributed by atoms with Crippen molar-refractivity contribution in [3.8, 4) is 0 Å². The number of anilines is 1. The van der Waals surface area contributed by atoms with Gasteiger partial charge in [-0.05, 0) is 13.5 Å². The summed E-state index contributed by atoms with van der Waals surface area (Å²) in [7, 11) is 0. The van der Waals surface area contributed by atoms with Crippen molar-refractivity contribution in [1.29, 1.82) is 0 Å². The van der Waals surface area contributed by atoms with Gasteiger partial charge in [-0.3, -0.25) is 9.69 Å². The lowest BCUT2D eigenvalue weighted by molar-refractivity contribution is -0.122. The van der Waals surface area contributed by atoms with Crippen molar-refractivity contribution in [3.05, 3.63) is 11.1 Å². The predicted octanol–water partition coefficient (Wildman–Crippen LogP) is 0.683. The highest BCUT2D eigenvalue weighted by Gasteiger charge is 2.10. The molecule has 0 aliphatic rings. The van der Waals surface area contributed by atoms with Gasteiger partial charge in [0, 0.05) is 24.2 Å². The first-order chi connectivity index (χ1) is 7.65. The molecule has 0 aliphatic heterocycles. The van der Waals surface area contributed by atoms with E-state index < -0.39 is 0 Å². The summed E-state index contributed by atoms with van der Waals surface area (Å²) in [4.78, 5) is 18.5. The second-order valence-corrected chi connectivity index (χ2v) is 4.57. The van der Waals surface area contributed by atoms with Crippen LogP contribution in [0.5, 0.6) is 0 Å². The molecule has 1 heterocycles. The number of nitrogens with zero attached hydrogens (tertiary/aromatic N) is 2. The molecule has 0 aromatic carbocycles. The van der Waals surface area contributed by atoms with Crippen molar-refractivity contribution in [2.45, 2.75) is 20.4 Å². The molecule has 0 atom stereocenters. The van der Waals surface area contributed by atoms with Crippen LogP contribution in [0, 0.1) is 0 Å². The van der Waals surface area contributed by atoms with Gasteiger partial charge in [-0.25, -0.2) is 4.98 Å². The molecule has 0 bridgehead atoms. The fraction of sp³-hybridized carbons (Fsp3) is 0.600. The molecule has 1 rings (SSSR count). The van der Waals surface area contributed by atoms with E-state index in [1.807, 2.05) is 13.8 Å². The quantitative estimate of drug-likeness (QED) is 0.769. The van der Waals surface area contributed by atoms with Gasteiger partial charge in [-0.2, -0.15) is 0 Å². The minimum atomic E-state index is 0.0573. The molecule has 0 radical (unpaired) electrons. The number of rotatable bonds is 6. The first kappa shape index (κ1) is 12.9. The maximum atomic E-state index is 11.4.